The van der Waals surface area contributed by atoms with Gasteiger partial charge in [-0.15, -0.1) is 0 Å². The molecule has 0 saturated carbocycles. The molecule has 1 amide bonds. The molecule has 0 spiro atoms. The number of benzene rings is 2. The Morgan fingerprint density at radius 1 is 1.08 bits per heavy atom. The second-order valence-corrected chi connectivity index (χ2v) is 9.34. The third-order valence-electron chi connectivity index (χ3n) is 6.55. The minimum absolute atomic E-state index is 0.317. The Labute approximate surface area is 225 Å². The van der Waals surface area contributed by atoms with Crippen molar-refractivity contribution in [2.24, 2.45) is 0 Å². The van der Waals surface area contributed by atoms with Crippen molar-refractivity contribution in [1.29, 1.82) is 0 Å². The molecule has 0 aliphatic carbocycles. The second kappa shape index (κ2) is 10.9. The van der Waals surface area contributed by atoms with E-state index < -0.39 is 6.09 Å². The average Bonchev–Trinajstić information content (AvgIpc) is 3.51. The molecule has 3 aromatic heterocycles. The number of fused-ring (bicyclic) bond motifs is 1. The maximum Gasteiger partial charge on any atom is 0.407 e. The van der Waals surface area contributed by atoms with E-state index in [0.717, 1.165) is 28.0 Å². The van der Waals surface area contributed by atoms with Crippen molar-refractivity contribution in [2.45, 2.75) is 39.7 Å². The Hall–Kier alpha value is -4.80. The lowest BCUT2D eigenvalue weighted by atomic mass is 10.1. The minimum atomic E-state index is -0.981. The highest BCUT2D eigenvalue weighted by molar-refractivity contribution is 5.86. The van der Waals surface area contributed by atoms with Gasteiger partial charge in [-0.3, -0.25) is 0 Å². The van der Waals surface area contributed by atoms with E-state index in [0.29, 0.717) is 48.1 Å². The molecule has 0 saturated heterocycles. The fourth-order valence-corrected chi connectivity index (χ4v) is 4.54. The van der Waals surface area contributed by atoms with Crippen LogP contribution in [0, 0.1) is 20.8 Å². The number of rotatable bonds is 9. The lowest BCUT2D eigenvalue weighted by Gasteiger charge is -2.23. The highest BCUT2D eigenvalue weighted by Crippen LogP contribution is 2.33. The van der Waals surface area contributed by atoms with E-state index >= 15 is 0 Å². The number of aromatic nitrogens is 6. The number of hydrogen-bond donors (Lipinski definition) is 1. The van der Waals surface area contributed by atoms with Gasteiger partial charge in [-0.2, -0.15) is 20.3 Å². The molecule has 0 bridgehead atoms. The van der Waals surface area contributed by atoms with E-state index in [1.807, 2.05) is 73.1 Å². The standard InChI is InChI=1S/C28H29N7O4/c1-17-26-18(2)35(32-27(26)21(31-30-17)16-25-29-19(3)39-33-25)22-12-8-9-13-24(22)38-23(14-15-34(4)28(36)37)20-10-6-5-7-11-20/h5-13,23H,14-16H2,1-4H3,(H,36,37). The van der Waals surface area contributed by atoms with Gasteiger partial charge in [-0.05, 0) is 31.5 Å². The van der Waals surface area contributed by atoms with E-state index in [1.54, 1.807) is 14.0 Å². The van der Waals surface area contributed by atoms with Gasteiger partial charge >= 0.3 is 6.09 Å². The molecule has 3 heterocycles. The Bertz CT molecular complexity index is 1610. The van der Waals surface area contributed by atoms with Crippen LogP contribution in [0.4, 0.5) is 4.79 Å². The van der Waals surface area contributed by atoms with Gasteiger partial charge < -0.3 is 19.3 Å². The van der Waals surface area contributed by atoms with Crippen LogP contribution in [0.3, 0.4) is 0 Å². The fourth-order valence-electron chi connectivity index (χ4n) is 4.54. The van der Waals surface area contributed by atoms with Crippen LogP contribution in [-0.4, -0.2) is 59.8 Å². The van der Waals surface area contributed by atoms with Crippen molar-refractivity contribution in [1.82, 2.24) is 35.0 Å². The summed E-state index contributed by atoms with van der Waals surface area (Å²) < 4.78 is 13.5. The molecule has 1 atom stereocenters. The van der Waals surface area contributed by atoms with Gasteiger partial charge in [-0.25, -0.2) is 9.48 Å². The smallest absolute Gasteiger partial charge is 0.407 e. The SMILES string of the molecule is Cc1nc(Cc2nnc(C)c3c(C)n(-c4ccccc4OC(CCN(C)C(=O)O)c4ccccc4)nc23)no1. The van der Waals surface area contributed by atoms with Crippen molar-refractivity contribution in [3.63, 3.8) is 0 Å². The molecule has 200 valence electrons. The van der Waals surface area contributed by atoms with Gasteiger partial charge in [0.15, 0.2) is 5.82 Å². The summed E-state index contributed by atoms with van der Waals surface area (Å²) in [5.41, 5.74) is 4.71. The minimum Gasteiger partial charge on any atom is -0.483 e. The van der Waals surface area contributed by atoms with Crippen LogP contribution in [0.2, 0.25) is 0 Å². The molecule has 0 aliphatic heterocycles. The number of aryl methyl sites for hydroxylation is 3. The molecule has 5 rings (SSSR count). The molecule has 0 radical (unpaired) electrons. The van der Waals surface area contributed by atoms with Gasteiger partial charge in [0.25, 0.3) is 0 Å². The lowest BCUT2D eigenvalue weighted by molar-refractivity contribution is 0.140. The summed E-state index contributed by atoms with van der Waals surface area (Å²) >= 11 is 0. The average molecular weight is 528 g/mol. The Balaban J connectivity index is 1.53. The molecule has 0 fully saturated rings. The zero-order chi connectivity index (χ0) is 27.5. The summed E-state index contributed by atoms with van der Waals surface area (Å²) in [4.78, 5) is 16.9. The van der Waals surface area contributed by atoms with E-state index in [-0.39, 0.29) is 6.10 Å². The number of hydrogen-bond acceptors (Lipinski definition) is 8. The van der Waals surface area contributed by atoms with Crippen LogP contribution < -0.4 is 4.74 Å². The monoisotopic (exact) mass is 527 g/mol. The lowest BCUT2D eigenvalue weighted by Crippen LogP contribution is -2.27. The maximum atomic E-state index is 11.4. The van der Waals surface area contributed by atoms with Gasteiger partial charge in [0.05, 0.1) is 23.5 Å². The molecule has 1 N–H and O–H groups in total. The van der Waals surface area contributed by atoms with E-state index in [1.165, 1.54) is 4.90 Å². The number of carboxylic acid groups (broad SMARTS) is 1. The molecule has 39 heavy (non-hydrogen) atoms. The van der Waals surface area contributed by atoms with Gasteiger partial charge in [0, 0.05) is 32.3 Å². The summed E-state index contributed by atoms with van der Waals surface area (Å²) in [6, 6.07) is 17.5. The normalized spacial score (nSPS) is 12.0. The van der Waals surface area contributed by atoms with Crippen molar-refractivity contribution < 1.29 is 19.2 Å². The summed E-state index contributed by atoms with van der Waals surface area (Å²) in [5.74, 6) is 1.62. The van der Waals surface area contributed by atoms with Crippen LogP contribution >= 0.6 is 0 Å². The van der Waals surface area contributed by atoms with Crippen LogP contribution in [-0.2, 0) is 6.42 Å². The topological polar surface area (TPSA) is 132 Å². The number of nitrogens with zero attached hydrogens (tertiary/aromatic N) is 7. The zero-order valence-electron chi connectivity index (χ0n) is 22.2. The fraction of sp³-hybridized carbons (Fsp3) is 0.286. The Morgan fingerprint density at radius 3 is 2.54 bits per heavy atom. The number of para-hydroxylation sites is 2. The third kappa shape index (κ3) is 5.42. The first-order valence-corrected chi connectivity index (χ1v) is 12.6. The second-order valence-electron chi connectivity index (χ2n) is 9.34. The predicted octanol–water partition coefficient (Wildman–Crippen LogP) is 4.83. The van der Waals surface area contributed by atoms with Gasteiger partial charge in [-0.1, -0.05) is 47.6 Å². The largest absolute Gasteiger partial charge is 0.483 e. The molecule has 5 aromatic rings. The first-order valence-electron chi connectivity index (χ1n) is 12.6. The summed E-state index contributed by atoms with van der Waals surface area (Å²) in [6.07, 6.45) is -0.544. The molecular weight excluding hydrogens is 498 g/mol. The Kier molecular flexibility index (Phi) is 7.22. The quantitative estimate of drug-likeness (QED) is 0.286. The molecule has 1 unspecified atom stereocenters. The molecule has 11 heteroatoms. The highest BCUT2D eigenvalue weighted by atomic mass is 16.5. The van der Waals surface area contributed by atoms with E-state index in [2.05, 4.69) is 20.3 Å². The third-order valence-corrected chi connectivity index (χ3v) is 6.55. The van der Waals surface area contributed by atoms with Crippen LogP contribution in [0.25, 0.3) is 16.6 Å². The first kappa shape index (κ1) is 25.8. The predicted molar refractivity (Wildman–Crippen MR) is 143 cm³/mol. The first-order chi connectivity index (χ1) is 18.8. The van der Waals surface area contributed by atoms with Crippen LogP contribution in [0.1, 0.15) is 46.9 Å². The molecular formula is C28H29N7O4. The van der Waals surface area contributed by atoms with Crippen LogP contribution in [0.5, 0.6) is 5.75 Å². The van der Waals surface area contributed by atoms with E-state index in [4.69, 9.17) is 14.4 Å². The number of ether oxygens (including phenoxy) is 1. The number of carbonyl (C=O) groups is 1. The molecule has 2 aromatic carbocycles. The highest BCUT2D eigenvalue weighted by Gasteiger charge is 2.22. The van der Waals surface area contributed by atoms with Gasteiger partial charge in [0.1, 0.15) is 23.1 Å². The summed E-state index contributed by atoms with van der Waals surface area (Å²) in [5, 5.41) is 27.9. The van der Waals surface area contributed by atoms with E-state index in [9.17, 15) is 9.90 Å². The maximum absolute atomic E-state index is 11.4. The van der Waals surface area contributed by atoms with Crippen LogP contribution in [0.15, 0.2) is 59.1 Å². The Morgan fingerprint density at radius 2 is 1.82 bits per heavy atom. The number of amides is 1. The summed E-state index contributed by atoms with van der Waals surface area (Å²) in [6.45, 7) is 5.95. The van der Waals surface area contributed by atoms with Crippen molar-refractivity contribution in [3.8, 4) is 11.4 Å². The molecule has 0 aliphatic rings. The van der Waals surface area contributed by atoms with Crippen molar-refractivity contribution in [2.75, 3.05) is 13.6 Å². The van der Waals surface area contributed by atoms with Gasteiger partial charge in [0.2, 0.25) is 5.89 Å². The summed E-state index contributed by atoms with van der Waals surface area (Å²) in [7, 11) is 1.55. The van der Waals surface area contributed by atoms with Crippen molar-refractivity contribution in [3.05, 3.63) is 89.0 Å². The van der Waals surface area contributed by atoms with Crippen molar-refractivity contribution >= 4 is 17.0 Å². The zero-order valence-corrected chi connectivity index (χ0v) is 22.2. The molecule has 11 nitrogen and oxygen atoms in total.